The molecule has 0 amide bonds. The molecule has 1 aromatic carbocycles. The van der Waals surface area contributed by atoms with Gasteiger partial charge in [0.05, 0.1) is 0 Å². The molecular formula is C21H20BrN7. The standard InChI is InChI=1S/C21H20BrN7/c1-28(2)20-25-11-13(12-26-20)19-18-15(16-10-14(22)4-5-17(16)27-18)6-9-29(19)21-23-7-3-8-24-21/h3-5,7-8,10-12,19,27H,6,9H2,1-2H3. The molecule has 4 aromatic rings. The van der Waals surface area contributed by atoms with Crippen LogP contribution in [0.15, 0.2) is 53.5 Å². The van der Waals surface area contributed by atoms with Crippen molar-refractivity contribution in [3.63, 3.8) is 0 Å². The van der Waals surface area contributed by atoms with Crippen molar-refractivity contribution in [2.24, 2.45) is 0 Å². The molecular weight excluding hydrogens is 430 g/mol. The number of nitrogens with zero attached hydrogens (tertiary/aromatic N) is 6. The first-order chi connectivity index (χ1) is 14.1. The van der Waals surface area contributed by atoms with Crippen molar-refractivity contribution in [3.05, 3.63) is 70.3 Å². The van der Waals surface area contributed by atoms with Crippen LogP contribution in [0, 0.1) is 0 Å². The maximum Gasteiger partial charge on any atom is 0.226 e. The second-order valence-electron chi connectivity index (χ2n) is 7.31. The molecule has 0 bridgehead atoms. The molecule has 1 atom stereocenters. The van der Waals surface area contributed by atoms with Crippen LogP contribution in [-0.2, 0) is 6.42 Å². The van der Waals surface area contributed by atoms with Gasteiger partial charge in [-0.3, -0.25) is 0 Å². The number of halogens is 1. The van der Waals surface area contributed by atoms with Gasteiger partial charge >= 0.3 is 0 Å². The third-order valence-electron chi connectivity index (χ3n) is 5.27. The van der Waals surface area contributed by atoms with E-state index < -0.39 is 0 Å². The van der Waals surface area contributed by atoms with Gasteiger partial charge < -0.3 is 14.8 Å². The van der Waals surface area contributed by atoms with Crippen molar-refractivity contribution in [3.8, 4) is 0 Å². The van der Waals surface area contributed by atoms with Gasteiger partial charge in [-0.05, 0) is 36.2 Å². The summed E-state index contributed by atoms with van der Waals surface area (Å²) in [5.74, 6) is 1.40. The van der Waals surface area contributed by atoms with Crippen molar-refractivity contribution in [1.82, 2.24) is 24.9 Å². The van der Waals surface area contributed by atoms with Gasteiger partial charge in [-0.25, -0.2) is 19.9 Å². The van der Waals surface area contributed by atoms with E-state index in [1.54, 1.807) is 12.4 Å². The number of hydrogen-bond donors (Lipinski definition) is 1. The maximum atomic E-state index is 4.55. The monoisotopic (exact) mass is 449 g/mol. The van der Waals surface area contributed by atoms with Gasteiger partial charge in [0, 0.05) is 72.1 Å². The van der Waals surface area contributed by atoms with Crippen LogP contribution in [0.5, 0.6) is 0 Å². The lowest BCUT2D eigenvalue weighted by Crippen LogP contribution is -2.37. The molecule has 3 aromatic heterocycles. The minimum atomic E-state index is -0.0801. The topological polar surface area (TPSA) is 73.8 Å². The minimum absolute atomic E-state index is 0.0801. The van der Waals surface area contributed by atoms with E-state index in [9.17, 15) is 0 Å². The number of benzene rings is 1. The molecule has 7 nitrogen and oxygen atoms in total. The summed E-state index contributed by atoms with van der Waals surface area (Å²) in [7, 11) is 3.88. The molecule has 0 saturated carbocycles. The van der Waals surface area contributed by atoms with Crippen molar-refractivity contribution >= 4 is 38.7 Å². The second kappa shape index (κ2) is 7.11. The van der Waals surface area contributed by atoms with Crippen LogP contribution in [0.2, 0.25) is 0 Å². The molecule has 0 aliphatic carbocycles. The van der Waals surface area contributed by atoms with Gasteiger partial charge in [0.25, 0.3) is 0 Å². The zero-order valence-corrected chi connectivity index (χ0v) is 17.8. The van der Waals surface area contributed by atoms with Gasteiger partial charge in [0.15, 0.2) is 0 Å². The number of nitrogens with one attached hydrogen (secondary N) is 1. The zero-order valence-electron chi connectivity index (χ0n) is 16.2. The molecule has 29 heavy (non-hydrogen) atoms. The molecule has 0 spiro atoms. The Morgan fingerprint density at radius 1 is 1.10 bits per heavy atom. The van der Waals surface area contributed by atoms with E-state index in [-0.39, 0.29) is 6.04 Å². The van der Waals surface area contributed by atoms with Crippen molar-refractivity contribution in [2.75, 3.05) is 30.4 Å². The predicted molar refractivity (Wildman–Crippen MR) is 117 cm³/mol. The van der Waals surface area contributed by atoms with E-state index in [2.05, 4.69) is 63.9 Å². The molecule has 1 aliphatic heterocycles. The smallest absolute Gasteiger partial charge is 0.226 e. The summed E-state index contributed by atoms with van der Waals surface area (Å²) >= 11 is 3.61. The van der Waals surface area contributed by atoms with Crippen LogP contribution in [0.1, 0.15) is 22.9 Å². The largest absolute Gasteiger partial charge is 0.356 e. The lowest BCUT2D eigenvalue weighted by Gasteiger charge is -2.35. The van der Waals surface area contributed by atoms with E-state index in [0.717, 1.165) is 34.2 Å². The molecule has 0 radical (unpaired) electrons. The predicted octanol–water partition coefficient (Wildman–Crippen LogP) is 3.73. The maximum absolute atomic E-state index is 4.55. The van der Waals surface area contributed by atoms with Crippen molar-refractivity contribution < 1.29 is 0 Å². The molecule has 1 N–H and O–H groups in total. The number of anilines is 2. The molecule has 4 heterocycles. The van der Waals surface area contributed by atoms with E-state index in [0.29, 0.717) is 11.9 Å². The average Bonchev–Trinajstić information content (AvgIpc) is 3.11. The fourth-order valence-corrected chi connectivity index (χ4v) is 4.33. The Bertz CT molecular complexity index is 1160. The summed E-state index contributed by atoms with van der Waals surface area (Å²) < 4.78 is 1.08. The Kier molecular flexibility index (Phi) is 4.43. The summed E-state index contributed by atoms with van der Waals surface area (Å²) in [5, 5.41) is 1.25. The van der Waals surface area contributed by atoms with E-state index >= 15 is 0 Å². The van der Waals surface area contributed by atoms with E-state index in [1.807, 2.05) is 37.5 Å². The van der Waals surface area contributed by atoms with Gasteiger partial charge in [0.1, 0.15) is 6.04 Å². The number of aromatic nitrogens is 5. The second-order valence-corrected chi connectivity index (χ2v) is 8.23. The Morgan fingerprint density at radius 2 is 1.86 bits per heavy atom. The van der Waals surface area contributed by atoms with Gasteiger partial charge in [-0.2, -0.15) is 0 Å². The van der Waals surface area contributed by atoms with Gasteiger partial charge in [-0.15, -0.1) is 0 Å². The highest BCUT2D eigenvalue weighted by molar-refractivity contribution is 9.10. The highest BCUT2D eigenvalue weighted by Gasteiger charge is 2.33. The normalized spacial score (nSPS) is 16.1. The molecule has 8 heteroatoms. The van der Waals surface area contributed by atoms with E-state index in [4.69, 9.17) is 0 Å². The Morgan fingerprint density at radius 3 is 2.59 bits per heavy atom. The average molecular weight is 450 g/mol. The summed E-state index contributed by atoms with van der Waals surface area (Å²) in [6, 6.07) is 8.12. The van der Waals surface area contributed by atoms with E-state index in [1.165, 1.54) is 10.9 Å². The molecule has 5 rings (SSSR count). The molecule has 146 valence electrons. The van der Waals surface area contributed by atoms with Crippen LogP contribution in [0.25, 0.3) is 10.9 Å². The van der Waals surface area contributed by atoms with Crippen LogP contribution < -0.4 is 9.80 Å². The number of rotatable bonds is 3. The fraction of sp³-hybridized carbons (Fsp3) is 0.238. The number of hydrogen-bond acceptors (Lipinski definition) is 6. The Hall–Kier alpha value is -3.00. The van der Waals surface area contributed by atoms with Gasteiger partial charge in [-0.1, -0.05) is 15.9 Å². The Labute approximate surface area is 177 Å². The molecule has 0 fully saturated rings. The van der Waals surface area contributed by atoms with Crippen molar-refractivity contribution in [1.29, 1.82) is 0 Å². The minimum Gasteiger partial charge on any atom is -0.356 e. The lowest BCUT2D eigenvalue weighted by atomic mass is 9.94. The molecule has 1 aliphatic rings. The third kappa shape index (κ3) is 3.13. The number of H-pyrrole nitrogens is 1. The lowest BCUT2D eigenvalue weighted by molar-refractivity contribution is 0.622. The van der Waals surface area contributed by atoms with Gasteiger partial charge in [0.2, 0.25) is 11.9 Å². The summed E-state index contributed by atoms with van der Waals surface area (Å²) in [6.45, 7) is 0.816. The number of fused-ring (bicyclic) bond motifs is 3. The first kappa shape index (κ1) is 18.1. The Balaban J connectivity index is 1.68. The SMILES string of the molecule is CN(C)c1ncc(C2c3[nH]c4ccc(Br)cc4c3CCN2c2ncccn2)cn1. The number of aromatic amines is 1. The van der Waals surface area contributed by atoms with Crippen LogP contribution in [0.4, 0.5) is 11.9 Å². The quantitative estimate of drug-likeness (QED) is 0.513. The van der Waals surface area contributed by atoms with Crippen LogP contribution >= 0.6 is 15.9 Å². The fourth-order valence-electron chi connectivity index (χ4n) is 3.97. The first-order valence-electron chi connectivity index (χ1n) is 9.45. The zero-order chi connectivity index (χ0) is 20.0. The molecule has 1 unspecified atom stereocenters. The highest BCUT2D eigenvalue weighted by atomic mass is 79.9. The molecule has 0 saturated heterocycles. The summed E-state index contributed by atoms with van der Waals surface area (Å²) in [6.07, 6.45) is 8.28. The summed E-state index contributed by atoms with van der Waals surface area (Å²) in [5.41, 5.74) is 4.62. The van der Waals surface area contributed by atoms with Crippen LogP contribution in [0.3, 0.4) is 0 Å². The third-order valence-corrected chi connectivity index (χ3v) is 5.77. The summed E-state index contributed by atoms with van der Waals surface area (Å²) in [4.78, 5) is 25.9. The highest BCUT2D eigenvalue weighted by Crippen LogP contribution is 2.40. The van der Waals surface area contributed by atoms with Crippen LogP contribution in [-0.4, -0.2) is 45.6 Å². The van der Waals surface area contributed by atoms with Crippen molar-refractivity contribution in [2.45, 2.75) is 12.5 Å². The first-order valence-corrected chi connectivity index (χ1v) is 10.2.